The quantitative estimate of drug-likeness (QED) is 0.611. The molecule has 3 aromatic rings. The van der Waals surface area contributed by atoms with Crippen molar-refractivity contribution in [2.75, 3.05) is 19.0 Å². The third-order valence-corrected chi connectivity index (χ3v) is 5.43. The van der Waals surface area contributed by atoms with E-state index in [0.717, 1.165) is 42.7 Å². The number of hydrogen-bond donors (Lipinski definition) is 1. The van der Waals surface area contributed by atoms with Gasteiger partial charge in [0.1, 0.15) is 6.33 Å². The molecule has 2 aromatic carbocycles. The number of ether oxygens (including phenoxy) is 1. The van der Waals surface area contributed by atoms with E-state index >= 15 is 0 Å². The summed E-state index contributed by atoms with van der Waals surface area (Å²) in [7, 11) is 1.37. The number of rotatable bonds is 6. The topological polar surface area (TPSA) is 102 Å². The number of carbonyl (C=O) groups excluding carboxylic acids is 2. The van der Waals surface area contributed by atoms with Crippen molar-refractivity contribution in [1.29, 1.82) is 0 Å². The molecule has 9 heteroatoms. The Hall–Kier alpha value is -3.59. The summed E-state index contributed by atoms with van der Waals surface area (Å²) in [4.78, 5) is 26.8. The van der Waals surface area contributed by atoms with Crippen LogP contribution in [-0.2, 0) is 16.1 Å². The van der Waals surface area contributed by atoms with Gasteiger partial charge < -0.3 is 10.1 Å². The Labute approximate surface area is 180 Å². The van der Waals surface area contributed by atoms with E-state index in [-0.39, 0.29) is 17.9 Å². The van der Waals surface area contributed by atoms with Crippen LogP contribution >= 0.6 is 0 Å². The van der Waals surface area contributed by atoms with Crippen LogP contribution in [0.25, 0.3) is 5.69 Å². The number of aromatic nitrogens is 4. The van der Waals surface area contributed by atoms with E-state index in [9.17, 15) is 9.59 Å². The second-order valence-corrected chi connectivity index (χ2v) is 7.46. The molecule has 0 spiro atoms. The van der Waals surface area contributed by atoms with Gasteiger partial charge in [-0.15, -0.1) is 5.10 Å². The van der Waals surface area contributed by atoms with Crippen molar-refractivity contribution in [2.45, 2.75) is 31.8 Å². The number of benzene rings is 2. The molecule has 0 saturated carbocycles. The van der Waals surface area contributed by atoms with E-state index in [4.69, 9.17) is 4.74 Å². The molecule has 0 unspecified atom stereocenters. The van der Waals surface area contributed by atoms with Gasteiger partial charge in [0.2, 0.25) is 5.91 Å². The van der Waals surface area contributed by atoms with Gasteiger partial charge in [-0.05, 0) is 71.8 Å². The average Bonchev–Trinajstić information content (AvgIpc) is 3.35. The highest BCUT2D eigenvalue weighted by Crippen LogP contribution is 2.22. The Morgan fingerprint density at radius 2 is 1.87 bits per heavy atom. The van der Waals surface area contributed by atoms with Crippen LogP contribution in [0.3, 0.4) is 0 Å². The molecule has 1 atom stereocenters. The Morgan fingerprint density at radius 1 is 1.10 bits per heavy atom. The molecule has 160 valence electrons. The van der Waals surface area contributed by atoms with Gasteiger partial charge in [0.05, 0.1) is 24.4 Å². The molecule has 0 radical (unpaired) electrons. The maximum atomic E-state index is 13.0. The number of likely N-dealkylation sites (tertiary alicyclic amines) is 1. The minimum atomic E-state index is -0.354. The number of nitrogens with one attached hydrogen (secondary N) is 1. The molecule has 9 nitrogen and oxygen atoms in total. The Kier molecular flexibility index (Phi) is 6.32. The van der Waals surface area contributed by atoms with Crippen LogP contribution in [0.1, 0.15) is 35.2 Å². The summed E-state index contributed by atoms with van der Waals surface area (Å²) in [6.07, 6.45) is 4.42. The highest BCUT2D eigenvalue weighted by Gasteiger charge is 2.28. The van der Waals surface area contributed by atoms with Gasteiger partial charge >= 0.3 is 5.97 Å². The molecule has 1 aliphatic rings. The standard InChI is InChI=1S/C22H24N6O3/c1-31-22(30)17-7-5-16(6-8-17)14-27-13-3-2-4-20(27)21(29)24-18-9-11-19(12-10-18)28-15-23-25-26-28/h5-12,15,20H,2-4,13-14H2,1H3,(H,24,29)/t20-/m0/s1. The molecule has 1 fully saturated rings. The molecule has 2 heterocycles. The zero-order valence-electron chi connectivity index (χ0n) is 17.3. The van der Waals surface area contributed by atoms with Crippen molar-refractivity contribution < 1.29 is 14.3 Å². The first-order valence-electron chi connectivity index (χ1n) is 10.2. The number of methoxy groups -OCH3 is 1. The van der Waals surface area contributed by atoms with Crippen molar-refractivity contribution in [3.05, 3.63) is 66.0 Å². The molecule has 1 aromatic heterocycles. The van der Waals surface area contributed by atoms with Gasteiger partial charge in [-0.2, -0.15) is 0 Å². The summed E-state index contributed by atoms with van der Waals surface area (Å²) < 4.78 is 6.30. The Morgan fingerprint density at radius 3 is 2.55 bits per heavy atom. The molecular weight excluding hydrogens is 396 g/mol. The lowest BCUT2D eigenvalue weighted by molar-refractivity contribution is -0.122. The van der Waals surface area contributed by atoms with Crippen LogP contribution in [-0.4, -0.2) is 56.7 Å². The third-order valence-electron chi connectivity index (χ3n) is 5.43. The first kappa shape index (κ1) is 20.7. The summed E-state index contributed by atoms with van der Waals surface area (Å²) >= 11 is 0. The van der Waals surface area contributed by atoms with E-state index in [2.05, 4.69) is 25.7 Å². The molecule has 1 aliphatic heterocycles. The highest BCUT2D eigenvalue weighted by molar-refractivity contribution is 5.95. The van der Waals surface area contributed by atoms with Gasteiger partial charge in [0, 0.05) is 12.2 Å². The van der Waals surface area contributed by atoms with Crippen LogP contribution in [0.4, 0.5) is 5.69 Å². The minimum absolute atomic E-state index is 0.0129. The monoisotopic (exact) mass is 420 g/mol. The molecular formula is C22H24N6O3. The first-order chi connectivity index (χ1) is 15.1. The summed E-state index contributed by atoms with van der Waals surface area (Å²) in [5, 5.41) is 14.1. The number of amides is 1. The van der Waals surface area contributed by atoms with E-state index in [1.165, 1.54) is 13.4 Å². The van der Waals surface area contributed by atoms with Gasteiger partial charge in [0.15, 0.2) is 0 Å². The molecule has 0 aliphatic carbocycles. The molecule has 31 heavy (non-hydrogen) atoms. The smallest absolute Gasteiger partial charge is 0.337 e. The van der Waals surface area contributed by atoms with Crippen LogP contribution in [0.5, 0.6) is 0 Å². The normalized spacial score (nSPS) is 16.6. The number of hydrogen-bond acceptors (Lipinski definition) is 7. The summed E-state index contributed by atoms with van der Waals surface area (Å²) in [6.45, 7) is 1.51. The second kappa shape index (κ2) is 9.48. The van der Waals surface area contributed by atoms with Crippen LogP contribution in [0.15, 0.2) is 54.9 Å². The average molecular weight is 420 g/mol. The zero-order chi connectivity index (χ0) is 21.6. The predicted molar refractivity (Wildman–Crippen MR) is 114 cm³/mol. The molecule has 0 bridgehead atoms. The van der Waals surface area contributed by atoms with Gasteiger partial charge in [-0.3, -0.25) is 9.69 Å². The molecule has 1 saturated heterocycles. The summed E-state index contributed by atoms with van der Waals surface area (Å²) in [6, 6.07) is 14.5. The first-order valence-corrected chi connectivity index (χ1v) is 10.2. The fourth-order valence-electron chi connectivity index (χ4n) is 3.78. The minimum Gasteiger partial charge on any atom is -0.465 e. The van der Waals surface area contributed by atoms with E-state index in [1.807, 2.05) is 36.4 Å². The fraction of sp³-hybridized carbons (Fsp3) is 0.318. The lowest BCUT2D eigenvalue weighted by atomic mass is 10.00. The van der Waals surface area contributed by atoms with Crippen molar-refractivity contribution >= 4 is 17.6 Å². The number of nitrogens with zero attached hydrogens (tertiary/aromatic N) is 5. The second-order valence-electron chi connectivity index (χ2n) is 7.46. The van der Waals surface area contributed by atoms with E-state index in [0.29, 0.717) is 12.1 Å². The molecule has 4 rings (SSSR count). The lowest BCUT2D eigenvalue weighted by Crippen LogP contribution is -2.46. The van der Waals surface area contributed by atoms with Crippen molar-refractivity contribution in [1.82, 2.24) is 25.1 Å². The fourth-order valence-corrected chi connectivity index (χ4v) is 3.78. The van der Waals surface area contributed by atoms with Crippen LogP contribution in [0.2, 0.25) is 0 Å². The number of tetrazole rings is 1. The maximum Gasteiger partial charge on any atom is 0.337 e. The van der Waals surface area contributed by atoms with Crippen molar-refractivity contribution in [3.8, 4) is 5.69 Å². The van der Waals surface area contributed by atoms with Crippen LogP contribution in [0, 0.1) is 0 Å². The number of piperidine rings is 1. The van der Waals surface area contributed by atoms with Gasteiger partial charge in [0.25, 0.3) is 0 Å². The predicted octanol–water partition coefficient (Wildman–Crippen LogP) is 2.44. The summed E-state index contributed by atoms with van der Waals surface area (Å²) in [5.74, 6) is -0.367. The van der Waals surface area contributed by atoms with Gasteiger partial charge in [-0.25, -0.2) is 9.48 Å². The zero-order valence-corrected chi connectivity index (χ0v) is 17.3. The maximum absolute atomic E-state index is 13.0. The van der Waals surface area contributed by atoms with Crippen molar-refractivity contribution in [2.24, 2.45) is 0 Å². The number of anilines is 1. The van der Waals surface area contributed by atoms with E-state index < -0.39 is 0 Å². The number of esters is 1. The molecule has 1 amide bonds. The molecule has 1 N–H and O–H groups in total. The largest absolute Gasteiger partial charge is 0.465 e. The lowest BCUT2D eigenvalue weighted by Gasteiger charge is -2.34. The van der Waals surface area contributed by atoms with Gasteiger partial charge in [-0.1, -0.05) is 18.6 Å². The third kappa shape index (κ3) is 4.95. The number of carbonyl (C=O) groups is 2. The van der Waals surface area contributed by atoms with Crippen LogP contribution < -0.4 is 5.32 Å². The Bertz CT molecular complexity index is 1020. The SMILES string of the molecule is COC(=O)c1ccc(CN2CCCC[C@H]2C(=O)Nc2ccc(-n3cnnn3)cc2)cc1. The van der Waals surface area contributed by atoms with E-state index in [1.54, 1.807) is 16.8 Å². The Balaban J connectivity index is 1.40. The highest BCUT2D eigenvalue weighted by atomic mass is 16.5. The summed E-state index contributed by atoms with van der Waals surface area (Å²) in [5.41, 5.74) is 3.12. The van der Waals surface area contributed by atoms with Crippen molar-refractivity contribution in [3.63, 3.8) is 0 Å².